The standard InChI is InChI=1S/C56H36O32S8/c57-49-25-1-26-10-42(90(68,69)70)12-28(50(26)58)3-30-14-44(92(74,75)76)16-32(52(30)60)5-34-18-46(94(80,81)82)20-36(54(34)62)7-38-22-48(96(86,87)88)24-40(56(38)64)8-39-23-47(95(83,84)85)21-37(55(39)63)6-35-19-45(93(77,78)79)17-33(53(35)61)4-31-15-43(91(71,72)73)13-29(51(31)59)2-27(49)11-41(9-25)89(65,66)67/h1-5,8-24,57,64H,6-7H2,(H,65,66,67)(H,68,69,70)(H,71,72,73)(H,74,75,76)(H,77,78,79)(H,80,81,82)(H,83,84,85)(H,86,87,88)/b26-1+,29-2+,30-3+,33-4+,34-5+,39-8+. The minimum Gasteiger partial charge on any atom is -0.507 e. The Morgan fingerprint density at radius 2 is 0.448 bits per heavy atom. The number of rotatable bonds is 8. The molecular formula is C56H36O32S8. The fourth-order valence-electron chi connectivity index (χ4n) is 9.76. The Bertz CT molecular complexity index is 5810. The van der Waals surface area contributed by atoms with E-state index in [0.717, 1.165) is 0 Å². The van der Waals surface area contributed by atoms with Crippen molar-refractivity contribution in [2.75, 3.05) is 0 Å². The minimum absolute atomic E-state index is 0.346. The van der Waals surface area contributed by atoms with E-state index >= 15 is 0 Å². The molecule has 0 spiro atoms. The van der Waals surface area contributed by atoms with Gasteiger partial charge in [0.05, 0.1) is 39.2 Å². The van der Waals surface area contributed by atoms with E-state index in [2.05, 4.69) is 0 Å². The molecule has 500 valence electrons. The summed E-state index contributed by atoms with van der Waals surface area (Å²) >= 11 is 0. The molecule has 9 rings (SSSR count). The first-order valence-corrected chi connectivity index (χ1v) is 37.1. The first-order chi connectivity index (χ1) is 43.9. The average Bonchev–Trinajstić information content (AvgIpc) is 0.783. The van der Waals surface area contributed by atoms with Crippen LogP contribution in [0.4, 0.5) is 0 Å². The Morgan fingerprint density at radius 1 is 0.229 bits per heavy atom. The Morgan fingerprint density at radius 3 is 0.729 bits per heavy atom. The van der Waals surface area contributed by atoms with Crippen molar-refractivity contribution in [2.45, 2.75) is 22.6 Å². The summed E-state index contributed by atoms with van der Waals surface area (Å²) < 4.78 is 287. The molecular weight excluding hydrogens is 1440 g/mol. The highest BCUT2D eigenvalue weighted by molar-refractivity contribution is 7.91. The molecule has 0 aromatic heterocycles. The lowest BCUT2D eigenvalue weighted by molar-refractivity contribution is -0.113. The quantitative estimate of drug-likeness (QED) is 0.170. The van der Waals surface area contributed by atoms with Gasteiger partial charge in [-0.1, -0.05) is 0 Å². The molecule has 0 aliphatic heterocycles. The van der Waals surface area contributed by atoms with E-state index < -0.39 is 268 Å². The molecule has 2 aromatic rings. The van der Waals surface area contributed by atoms with Crippen molar-refractivity contribution in [3.63, 3.8) is 0 Å². The molecule has 7 aliphatic carbocycles. The number of carbonyl (C=O) groups is 6. The van der Waals surface area contributed by atoms with Gasteiger partial charge in [0, 0.05) is 102 Å². The monoisotopic (exact) mass is 1480 g/mol. The number of phenols is 2. The molecule has 16 bridgehead atoms. The number of allylic oxidation sites excluding steroid dienone is 27. The summed E-state index contributed by atoms with van der Waals surface area (Å²) in [7, 11) is -44.3. The number of Topliss-reactive ketones (excluding diaryl/α,β-unsaturated/α-hetero) is 6. The molecule has 0 radical (unpaired) electrons. The second-order valence-electron chi connectivity index (χ2n) is 20.8. The van der Waals surface area contributed by atoms with E-state index in [9.17, 15) is 143 Å². The SMILES string of the molecule is O=C1C2=CC(S(=O)(=O)O)=C/C1=C\C1=CC(S(=O)(=O)O)=C/C(=C\c3cc(S(=O)(=O)O)cc(c3O)/C=C3\C=C(S(=O)(=O)O)C=C(/C=C4\C=C(S(=O)(=O)O)C=C(CC5=CC(S(=O)(=O)O)=C/C(=C\c6cc(S(=O)(=O)O)cc(c6O)CC6=CC(S(=O)(=O)O)=C/C(=C\2)C6=O)C5=O)C4=O)C3=O)C1=O. The molecule has 96 heavy (non-hydrogen) atoms. The zero-order valence-corrected chi connectivity index (χ0v) is 53.4. The average molecular weight is 1480 g/mol. The lowest BCUT2D eigenvalue weighted by atomic mass is 9.86. The van der Waals surface area contributed by atoms with Crippen LogP contribution in [0.15, 0.2) is 222 Å². The van der Waals surface area contributed by atoms with Crippen LogP contribution >= 0.6 is 0 Å². The second-order valence-corrected chi connectivity index (χ2v) is 32.2. The third-order valence-corrected chi connectivity index (χ3v) is 20.9. The van der Waals surface area contributed by atoms with Crippen LogP contribution in [0.25, 0.3) is 18.2 Å². The number of phenolic OH excluding ortho intramolecular Hbond substituents is 2. The van der Waals surface area contributed by atoms with Gasteiger partial charge < -0.3 is 10.2 Å². The van der Waals surface area contributed by atoms with Crippen LogP contribution in [0.1, 0.15) is 28.7 Å². The molecule has 0 fully saturated rings. The van der Waals surface area contributed by atoms with Crippen LogP contribution < -0.4 is 0 Å². The summed E-state index contributed by atoms with van der Waals surface area (Å²) in [6.07, 6.45) is 4.51. The summed E-state index contributed by atoms with van der Waals surface area (Å²) in [4.78, 5) is 76.5. The maximum absolute atomic E-state index is 14.5. The van der Waals surface area contributed by atoms with Crippen molar-refractivity contribution in [3.05, 3.63) is 234 Å². The van der Waals surface area contributed by atoms with E-state index in [1.165, 1.54) is 0 Å². The maximum Gasteiger partial charge on any atom is 0.294 e. The van der Waals surface area contributed by atoms with E-state index in [1.54, 1.807) is 0 Å². The molecule has 32 nitrogen and oxygen atoms in total. The number of hydrogen-bond donors (Lipinski definition) is 10. The van der Waals surface area contributed by atoms with E-state index in [0.29, 0.717) is 134 Å². The normalized spacial score (nSPS) is 22.3. The fraction of sp³-hybridized carbons (Fsp3) is 0.0357. The molecule has 0 saturated carbocycles. The lowest BCUT2D eigenvalue weighted by Crippen LogP contribution is -2.19. The number of benzene rings is 2. The van der Waals surface area contributed by atoms with Gasteiger partial charge in [0.15, 0.2) is 34.7 Å². The Hall–Kier alpha value is -9.34. The molecule has 2 aromatic carbocycles. The largest absolute Gasteiger partial charge is 0.507 e. The zero-order chi connectivity index (χ0) is 71.4. The summed E-state index contributed by atoms with van der Waals surface area (Å²) in [5.41, 5.74) is -15.9. The van der Waals surface area contributed by atoms with Crippen LogP contribution in [0.3, 0.4) is 0 Å². The van der Waals surface area contributed by atoms with Gasteiger partial charge in [-0.2, -0.15) is 67.3 Å². The van der Waals surface area contributed by atoms with E-state index in [-0.39, 0.29) is 0 Å². The zero-order valence-electron chi connectivity index (χ0n) is 46.8. The van der Waals surface area contributed by atoms with E-state index in [4.69, 9.17) is 0 Å². The third kappa shape index (κ3) is 15.0. The van der Waals surface area contributed by atoms with Gasteiger partial charge >= 0.3 is 0 Å². The Labute approximate surface area is 541 Å². The number of ketones is 6. The molecule has 0 heterocycles. The van der Waals surface area contributed by atoms with Crippen LogP contribution in [0, 0.1) is 0 Å². The van der Waals surface area contributed by atoms with Crippen molar-refractivity contribution in [1.82, 2.24) is 0 Å². The molecule has 0 amide bonds. The van der Waals surface area contributed by atoms with Crippen LogP contribution in [0.2, 0.25) is 0 Å². The van der Waals surface area contributed by atoms with Crippen molar-refractivity contribution < 1.29 is 143 Å². The number of carbonyl (C=O) groups excluding carboxylic acids is 6. The van der Waals surface area contributed by atoms with Gasteiger partial charge in [-0.3, -0.25) is 65.2 Å². The van der Waals surface area contributed by atoms with Crippen LogP contribution in [-0.2, 0) is 116 Å². The second kappa shape index (κ2) is 24.4. The highest BCUT2D eigenvalue weighted by Crippen LogP contribution is 2.40. The smallest absolute Gasteiger partial charge is 0.294 e. The molecule has 0 saturated heterocycles. The summed E-state index contributed by atoms with van der Waals surface area (Å²) in [6.45, 7) is 0. The Balaban J connectivity index is 1.35. The van der Waals surface area contributed by atoms with Gasteiger partial charge in [0.2, 0.25) is 0 Å². The summed E-state index contributed by atoms with van der Waals surface area (Å²) in [5.74, 6) is -11.4. The third-order valence-electron chi connectivity index (χ3n) is 14.2. The molecule has 10 N–H and O–H groups in total. The molecule has 0 atom stereocenters. The number of hydrogen-bond acceptors (Lipinski definition) is 24. The van der Waals surface area contributed by atoms with Gasteiger partial charge in [0.1, 0.15) is 11.5 Å². The van der Waals surface area contributed by atoms with Crippen LogP contribution in [-0.4, -0.2) is 149 Å². The molecule has 40 heteroatoms. The van der Waals surface area contributed by atoms with Crippen molar-refractivity contribution in [1.29, 1.82) is 0 Å². The van der Waals surface area contributed by atoms with Gasteiger partial charge in [-0.05, 0) is 134 Å². The highest BCUT2D eigenvalue weighted by atomic mass is 32.2. The lowest BCUT2D eigenvalue weighted by Gasteiger charge is -2.20. The van der Waals surface area contributed by atoms with Crippen molar-refractivity contribution in [2.24, 2.45) is 0 Å². The number of aromatic hydroxyl groups is 2. The maximum atomic E-state index is 14.5. The first-order valence-electron chi connectivity index (χ1n) is 25.5. The van der Waals surface area contributed by atoms with Gasteiger partial charge in [0.25, 0.3) is 80.9 Å². The highest BCUT2D eigenvalue weighted by Gasteiger charge is 2.36. The fourth-order valence-corrected chi connectivity index (χ4v) is 14.2. The Kier molecular flexibility index (Phi) is 18.0. The van der Waals surface area contributed by atoms with Crippen molar-refractivity contribution >= 4 is 134 Å². The van der Waals surface area contributed by atoms with Gasteiger partial charge in [-0.15, -0.1) is 0 Å². The van der Waals surface area contributed by atoms with Crippen LogP contribution in [0.5, 0.6) is 11.5 Å². The van der Waals surface area contributed by atoms with E-state index in [1.807, 2.05) is 0 Å². The summed E-state index contributed by atoms with van der Waals surface area (Å²) in [6, 6.07) is 1.65. The molecule has 7 aliphatic rings. The first kappa shape index (κ1) is 71.0. The van der Waals surface area contributed by atoms with Crippen molar-refractivity contribution in [3.8, 4) is 11.5 Å². The van der Waals surface area contributed by atoms with Gasteiger partial charge in [-0.25, -0.2) is 0 Å². The topological polar surface area (TPSA) is 578 Å². The predicted molar refractivity (Wildman–Crippen MR) is 329 cm³/mol. The molecule has 0 unspecified atom stereocenters. The summed E-state index contributed by atoms with van der Waals surface area (Å²) in [5, 5.41) is 23.5. The number of fused-ring (bicyclic) bond motifs is 16. The minimum atomic E-state index is -5.56. The predicted octanol–water partition coefficient (Wildman–Crippen LogP) is 2.85.